The monoisotopic (exact) mass is 258 g/mol. The van der Waals surface area contributed by atoms with Crippen molar-refractivity contribution in [3.8, 4) is 11.5 Å². The zero-order valence-electron chi connectivity index (χ0n) is 8.26. The van der Waals surface area contributed by atoms with Crippen LogP contribution < -0.4 is 0 Å². The number of phenols is 2. The highest BCUT2D eigenvalue weighted by Crippen LogP contribution is 2.36. The zero-order chi connectivity index (χ0) is 10.6. The first-order valence-corrected chi connectivity index (χ1v) is 5.65. The second kappa shape index (κ2) is 5.25. The van der Waals surface area contributed by atoms with Crippen molar-refractivity contribution in [2.45, 2.75) is 32.6 Å². The number of rotatable bonds is 4. The van der Waals surface area contributed by atoms with Gasteiger partial charge >= 0.3 is 0 Å². The lowest BCUT2D eigenvalue weighted by Gasteiger charge is -2.06. The number of hydrogen-bond donors (Lipinski definition) is 2. The van der Waals surface area contributed by atoms with Crippen LogP contribution in [-0.2, 0) is 6.42 Å². The van der Waals surface area contributed by atoms with Gasteiger partial charge in [0.1, 0.15) is 0 Å². The lowest BCUT2D eigenvalue weighted by molar-refractivity contribution is 0.400. The Morgan fingerprint density at radius 2 is 1.93 bits per heavy atom. The Morgan fingerprint density at radius 3 is 2.57 bits per heavy atom. The molecule has 0 radical (unpaired) electrons. The van der Waals surface area contributed by atoms with Crippen LogP contribution in [0.25, 0.3) is 0 Å². The second-order valence-electron chi connectivity index (χ2n) is 3.36. The van der Waals surface area contributed by atoms with Gasteiger partial charge < -0.3 is 10.2 Å². The lowest BCUT2D eigenvalue weighted by atomic mass is 10.1. The minimum atomic E-state index is -0.0730. The van der Waals surface area contributed by atoms with Gasteiger partial charge in [-0.15, -0.1) is 0 Å². The van der Waals surface area contributed by atoms with E-state index in [1.54, 1.807) is 0 Å². The van der Waals surface area contributed by atoms with Gasteiger partial charge in [-0.05, 0) is 40.4 Å². The first kappa shape index (κ1) is 11.4. The molecule has 0 amide bonds. The Hall–Kier alpha value is -0.700. The minimum absolute atomic E-state index is 0.0565. The Balaban J connectivity index is 2.73. The maximum Gasteiger partial charge on any atom is 0.172 e. The standard InChI is InChI=1S/C11H15BrO2/c1-2-3-4-5-8-6-7-9(13)11(14)10(8)12/h6-7,13-14H,2-5H2,1H3. The van der Waals surface area contributed by atoms with Gasteiger partial charge in [-0.2, -0.15) is 0 Å². The maximum absolute atomic E-state index is 9.45. The van der Waals surface area contributed by atoms with E-state index in [4.69, 9.17) is 0 Å². The summed E-state index contributed by atoms with van der Waals surface area (Å²) in [4.78, 5) is 0. The summed E-state index contributed by atoms with van der Waals surface area (Å²) in [5.74, 6) is -0.130. The number of aromatic hydroxyl groups is 2. The molecule has 0 aromatic heterocycles. The Bertz CT molecular complexity index is 310. The molecule has 0 bridgehead atoms. The van der Waals surface area contributed by atoms with Crippen LogP contribution in [0.2, 0.25) is 0 Å². The zero-order valence-corrected chi connectivity index (χ0v) is 9.84. The fourth-order valence-electron chi connectivity index (χ4n) is 1.35. The number of phenolic OH excluding ortho intramolecular Hbond substituents is 2. The van der Waals surface area contributed by atoms with Gasteiger partial charge in [-0.3, -0.25) is 0 Å². The van der Waals surface area contributed by atoms with Gasteiger partial charge in [0.25, 0.3) is 0 Å². The molecule has 1 aromatic carbocycles. The van der Waals surface area contributed by atoms with E-state index in [-0.39, 0.29) is 11.5 Å². The molecule has 0 unspecified atom stereocenters. The van der Waals surface area contributed by atoms with Gasteiger partial charge in [0.05, 0.1) is 4.47 Å². The summed E-state index contributed by atoms with van der Waals surface area (Å²) in [5.41, 5.74) is 1.05. The van der Waals surface area contributed by atoms with E-state index >= 15 is 0 Å². The third-order valence-corrected chi connectivity index (χ3v) is 3.11. The quantitative estimate of drug-likeness (QED) is 0.640. The highest BCUT2D eigenvalue weighted by molar-refractivity contribution is 9.10. The molecule has 2 nitrogen and oxygen atoms in total. The number of aryl methyl sites for hydroxylation is 1. The van der Waals surface area contributed by atoms with Crippen LogP contribution in [0.1, 0.15) is 31.7 Å². The molecular formula is C11H15BrO2. The van der Waals surface area contributed by atoms with Crippen molar-refractivity contribution in [1.29, 1.82) is 0 Å². The van der Waals surface area contributed by atoms with Crippen molar-refractivity contribution in [2.75, 3.05) is 0 Å². The summed E-state index contributed by atoms with van der Waals surface area (Å²) < 4.78 is 0.619. The molecule has 78 valence electrons. The van der Waals surface area contributed by atoms with Gasteiger partial charge in [0.15, 0.2) is 11.5 Å². The molecule has 3 heteroatoms. The molecule has 0 atom stereocenters. The van der Waals surface area contributed by atoms with Gasteiger partial charge in [-0.25, -0.2) is 0 Å². The molecule has 0 aliphatic heterocycles. The normalized spacial score (nSPS) is 10.4. The summed E-state index contributed by atoms with van der Waals surface area (Å²) >= 11 is 3.27. The number of halogens is 1. The van der Waals surface area contributed by atoms with Crippen LogP contribution in [0.15, 0.2) is 16.6 Å². The van der Waals surface area contributed by atoms with Crippen molar-refractivity contribution >= 4 is 15.9 Å². The summed E-state index contributed by atoms with van der Waals surface area (Å²) in [6, 6.07) is 3.37. The third kappa shape index (κ3) is 2.64. The second-order valence-corrected chi connectivity index (χ2v) is 4.16. The Morgan fingerprint density at radius 1 is 1.21 bits per heavy atom. The molecule has 0 aliphatic rings. The van der Waals surface area contributed by atoms with E-state index in [0.29, 0.717) is 4.47 Å². The van der Waals surface area contributed by atoms with Crippen LogP contribution >= 0.6 is 15.9 Å². The summed E-state index contributed by atoms with van der Waals surface area (Å²) in [7, 11) is 0. The van der Waals surface area contributed by atoms with Gasteiger partial charge in [0, 0.05) is 0 Å². The first-order chi connectivity index (χ1) is 6.66. The van der Waals surface area contributed by atoms with Gasteiger partial charge in [0.2, 0.25) is 0 Å². The van der Waals surface area contributed by atoms with Crippen molar-refractivity contribution in [3.05, 3.63) is 22.2 Å². The van der Waals surface area contributed by atoms with Crippen LogP contribution in [0, 0.1) is 0 Å². The molecule has 0 saturated carbocycles. The SMILES string of the molecule is CCCCCc1ccc(O)c(O)c1Br. The van der Waals surface area contributed by atoms with E-state index in [2.05, 4.69) is 22.9 Å². The summed E-state index contributed by atoms with van der Waals surface area (Å²) in [6.07, 6.45) is 4.41. The average molecular weight is 259 g/mol. The molecule has 0 spiro atoms. The number of hydrogen-bond acceptors (Lipinski definition) is 2. The molecule has 14 heavy (non-hydrogen) atoms. The fraction of sp³-hybridized carbons (Fsp3) is 0.455. The van der Waals surface area contributed by atoms with Crippen molar-refractivity contribution in [1.82, 2.24) is 0 Å². The Kier molecular flexibility index (Phi) is 4.26. The lowest BCUT2D eigenvalue weighted by Crippen LogP contribution is -1.87. The number of benzene rings is 1. The molecule has 0 saturated heterocycles. The van der Waals surface area contributed by atoms with E-state index in [0.717, 1.165) is 18.4 Å². The van der Waals surface area contributed by atoms with Crippen LogP contribution in [0.3, 0.4) is 0 Å². The van der Waals surface area contributed by atoms with Crippen LogP contribution in [0.5, 0.6) is 11.5 Å². The van der Waals surface area contributed by atoms with Crippen molar-refractivity contribution in [3.63, 3.8) is 0 Å². The molecule has 1 aromatic rings. The van der Waals surface area contributed by atoms with E-state index < -0.39 is 0 Å². The van der Waals surface area contributed by atoms with E-state index in [1.807, 2.05) is 6.07 Å². The predicted octanol–water partition coefficient (Wildman–Crippen LogP) is 3.59. The van der Waals surface area contributed by atoms with Crippen LogP contribution in [-0.4, -0.2) is 10.2 Å². The summed E-state index contributed by atoms with van der Waals surface area (Å²) in [6.45, 7) is 2.16. The molecule has 0 aliphatic carbocycles. The Labute approximate surface area is 92.7 Å². The molecule has 0 heterocycles. The van der Waals surface area contributed by atoms with E-state index in [9.17, 15) is 10.2 Å². The maximum atomic E-state index is 9.45. The first-order valence-electron chi connectivity index (χ1n) is 4.86. The van der Waals surface area contributed by atoms with Crippen molar-refractivity contribution < 1.29 is 10.2 Å². The largest absolute Gasteiger partial charge is 0.504 e. The van der Waals surface area contributed by atoms with Crippen LogP contribution in [0.4, 0.5) is 0 Å². The highest BCUT2D eigenvalue weighted by atomic mass is 79.9. The summed E-state index contributed by atoms with van der Waals surface area (Å²) in [5, 5.41) is 18.7. The molecule has 1 rings (SSSR count). The number of unbranched alkanes of at least 4 members (excludes halogenated alkanes) is 2. The molecule has 2 N–H and O–H groups in total. The van der Waals surface area contributed by atoms with Crippen molar-refractivity contribution in [2.24, 2.45) is 0 Å². The fourth-order valence-corrected chi connectivity index (χ4v) is 1.89. The third-order valence-electron chi connectivity index (χ3n) is 2.22. The van der Waals surface area contributed by atoms with Gasteiger partial charge in [-0.1, -0.05) is 25.8 Å². The molecule has 0 fully saturated rings. The molecular weight excluding hydrogens is 244 g/mol. The predicted molar refractivity (Wildman–Crippen MR) is 60.7 cm³/mol. The average Bonchev–Trinajstić information content (AvgIpc) is 2.18. The van der Waals surface area contributed by atoms with E-state index in [1.165, 1.54) is 18.9 Å². The minimum Gasteiger partial charge on any atom is -0.504 e. The topological polar surface area (TPSA) is 40.5 Å². The highest BCUT2D eigenvalue weighted by Gasteiger charge is 2.08. The smallest absolute Gasteiger partial charge is 0.172 e.